The van der Waals surface area contributed by atoms with Crippen LogP contribution in [0, 0.1) is 20.8 Å². The highest BCUT2D eigenvalue weighted by molar-refractivity contribution is 7.99. The minimum absolute atomic E-state index is 0.0332. The minimum atomic E-state index is -0.228. The predicted octanol–water partition coefficient (Wildman–Crippen LogP) is 3.55. The van der Waals surface area contributed by atoms with Crippen molar-refractivity contribution in [1.82, 2.24) is 19.4 Å². The first-order valence-corrected chi connectivity index (χ1v) is 10.1. The fourth-order valence-corrected chi connectivity index (χ4v) is 3.86. The summed E-state index contributed by atoms with van der Waals surface area (Å²) in [5.41, 5.74) is 5.47. The van der Waals surface area contributed by atoms with E-state index in [4.69, 9.17) is 0 Å². The maximum Gasteiger partial charge on any atom is 0.270 e. The number of benzene rings is 1. The van der Waals surface area contributed by atoms with E-state index in [2.05, 4.69) is 22.2 Å². The fraction of sp³-hybridized carbons (Fsp3) is 0.238. The Morgan fingerprint density at radius 1 is 1.17 bits per heavy atom. The number of allylic oxidation sites excluding steroid dienone is 1. The Morgan fingerprint density at radius 3 is 2.59 bits per heavy atom. The number of nitrogens with one attached hydrogen (secondary N) is 1. The van der Waals surface area contributed by atoms with Gasteiger partial charge in [0.25, 0.3) is 5.91 Å². The average Bonchev–Trinajstić information content (AvgIpc) is 3.21. The second-order valence-electron chi connectivity index (χ2n) is 6.57. The lowest BCUT2D eigenvalue weighted by Crippen LogP contribution is -2.25. The third kappa shape index (κ3) is 4.48. The molecule has 0 radical (unpaired) electrons. The first kappa shape index (κ1) is 20.6. The van der Waals surface area contributed by atoms with Gasteiger partial charge in [-0.1, -0.05) is 36.0 Å². The van der Waals surface area contributed by atoms with Crippen LogP contribution >= 0.6 is 11.8 Å². The van der Waals surface area contributed by atoms with Gasteiger partial charge in [-0.05, 0) is 39.0 Å². The number of Topliss-reactive ketones (excluding diaryl/α,β-unsaturated/α-hetero) is 1. The van der Waals surface area contributed by atoms with Crippen LogP contribution < -0.4 is 5.43 Å². The van der Waals surface area contributed by atoms with Crippen molar-refractivity contribution >= 4 is 23.5 Å². The van der Waals surface area contributed by atoms with Crippen molar-refractivity contribution in [2.24, 2.45) is 0 Å². The summed E-state index contributed by atoms with van der Waals surface area (Å²) in [5.74, 6) is 0.746. The lowest BCUT2D eigenvalue weighted by molar-refractivity contribution is 0.0999. The molecule has 0 saturated carbocycles. The largest absolute Gasteiger partial charge is 0.302 e. The van der Waals surface area contributed by atoms with Gasteiger partial charge in [-0.25, -0.2) is 0 Å². The summed E-state index contributed by atoms with van der Waals surface area (Å²) in [7, 11) is 0. The van der Waals surface area contributed by atoms with E-state index >= 15 is 0 Å². The molecule has 0 aliphatic carbocycles. The Balaban J connectivity index is 1.73. The molecule has 1 amide bonds. The molecule has 1 N–H and O–H groups in total. The zero-order chi connectivity index (χ0) is 21.0. The molecule has 7 nitrogen and oxygen atoms in total. The maximum absolute atomic E-state index is 12.8. The SMILES string of the molecule is C=CCn1c(C)nnc1SCC(=O)c1cc(C)n(NC(=O)c2ccccc2)c1C. The molecule has 1 aromatic carbocycles. The molecule has 0 unspecified atom stereocenters. The van der Waals surface area contributed by atoms with E-state index in [1.807, 2.05) is 43.5 Å². The molecule has 3 aromatic rings. The third-order valence-electron chi connectivity index (χ3n) is 4.53. The van der Waals surface area contributed by atoms with Crippen molar-refractivity contribution in [2.75, 3.05) is 11.2 Å². The van der Waals surface area contributed by atoms with Crippen LogP contribution in [0.4, 0.5) is 0 Å². The van der Waals surface area contributed by atoms with Crippen LogP contribution in [-0.4, -0.2) is 36.9 Å². The quantitative estimate of drug-likeness (QED) is 0.350. The highest BCUT2D eigenvalue weighted by Gasteiger charge is 2.19. The number of ketones is 1. The molecule has 29 heavy (non-hydrogen) atoms. The number of carbonyl (C=O) groups excluding carboxylic acids is 2. The highest BCUT2D eigenvalue weighted by atomic mass is 32.2. The molecule has 8 heteroatoms. The number of hydrogen-bond donors (Lipinski definition) is 1. The van der Waals surface area contributed by atoms with Gasteiger partial charge in [-0.15, -0.1) is 16.8 Å². The van der Waals surface area contributed by atoms with Gasteiger partial charge in [0.1, 0.15) is 5.82 Å². The Bertz CT molecular complexity index is 1050. The Morgan fingerprint density at radius 2 is 1.90 bits per heavy atom. The Labute approximate surface area is 173 Å². The van der Waals surface area contributed by atoms with Crippen molar-refractivity contribution in [3.63, 3.8) is 0 Å². The molecule has 0 atom stereocenters. The molecule has 2 aromatic heterocycles. The van der Waals surface area contributed by atoms with E-state index in [1.165, 1.54) is 11.8 Å². The molecule has 3 rings (SSSR count). The second kappa shape index (κ2) is 8.91. The molecule has 0 aliphatic heterocycles. The summed E-state index contributed by atoms with van der Waals surface area (Å²) in [6.07, 6.45) is 1.77. The summed E-state index contributed by atoms with van der Waals surface area (Å²) >= 11 is 1.34. The van der Waals surface area contributed by atoms with E-state index in [-0.39, 0.29) is 17.4 Å². The van der Waals surface area contributed by atoms with E-state index in [9.17, 15) is 9.59 Å². The Kier molecular flexibility index (Phi) is 6.33. The fourth-order valence-electron chi connectivity index (χ4n) is 2.99. The van der Waals surface area contributed by atoms with Crippen LogP contribution in [-0.2, 0) is 6.54 Å². The zero-order valence-electron chi connectivity index (χ0n) is 16.7. The molecular weight excluding hydrogens is 386 g/mol. The van der Waals surface area contributed by atoms with Crippen molar-refractivity contribution in [2.45, 2.75) is 32.5 Å². The predicted molar refractivity (Wildman–Crippen MR) is 114 cm³/mol. The topological polar surface area (TPSA) is 81.8 Å². The molecular formula is C21H23N5O2S. The van der Waals surface area contributed by atoms with Gasteiger partial charge in [-0.2, -0.15) is 0 Å². The van der Waals surface area contributed by atoms with E-state index < -0.39 is 0 Å². The molecule has 0 spiro atoms. The van der Waals surface area contributed by atoms with Gasteiger partial charge < -0.3 is 4.57 Å². The third-order valence-corrected chi connectivity index (χ3v) is 5.49. The minimum Gasteiger partial charge on any atom is -0.302 e. The van der Waals surface area contributed by atoms with E-state index in [1.54, 1.807) is 29.0 Å². The van der Waals surface area contributed by atoms with Crippen LogP contribution in [0.25, 0.3) is 0 Å². The lowest BCUT2D eigenvalue weighted by atomic mass is 10.2. The summed E-state index contributed by atoms with van der Waals surface area (Å²) in [6.45, 7) is 9.87. The second-order valence-corrected chi connectivity index (χ2v) is 7.51. The van der Waals surface area contributed by atoms with Crippen LogP contribution in [0.15, 0.2) is 54.2 Å². The molecule has 0 aliphatic rings. The smallest absolute Gasteiger partial charge is 0.270 e. The Hall–Kier alpha value is -3.13. The maximum atomic E-state index is 12.8. The number of thioether (sulfide) groups is 1. The molecule has 0 bridgehead atoms. The van der Waals surface area contributed by atoms with Crippen LogP contribution in [0.2, 0.25) is 0 Å². The van der Waals surface area contributed by atoms with Crippen molar-refractivity contribution in [1.29, 1.82) is 0 Å². The molecule has 2 heterocycles. The van der Waals surface area contributed by atoms with Crippen molar-refractivity contribution < 1.29 is 9.59 Å². The van der Waals surface area contributed by atoms with E-state index in [0.717, 1.165) is 11.5 Å². The standard InChI is InChI=1S/C21H23N5O2S/c1-5-11-25-16(4)22-23-21(25)29-13-19(27)18-12-14(2)26(15(18)3)24-20(28)17-9-7-6-8-10-17/h5-10,12H,1,11,13H2,2-4H3,(H,24,28). The van der Waals surface area contributed by atoms with Gasteiger partial charge in [0.05, 0.1) is 5.75 Å². The average molecular weight is 410 g/mol. The number of hydrogen-bond acceptors (Lipinski definition) is 5. The normalized spacial score (nSPS) is 10.7. The summed E-state index contributed by atoms with van der Waals surface area (Å²) in [5, 5.41) is 8.88. The summed E-state index contributed by atoms with van der Waals surface area (Å²) in [6, 6.07) is 10.8. The van der Waals surface area contributed by atoms with Gasteiger partial charge in [-0.3, -0.25) is 19.7 Å². The number of aromatic nitrogens is 4. The highest BCUT2D eigenvalue weighted by Crippen LogP contribution is 2.21. The zero-order valence-corrected chi connectivity index (χ0v) is 17.5. The molecule has 150 valence electrons. The summed E-state index contributed by atoms with van der Waals surface area (Å²) in [4.78, 5) is 25.3. The van der Waals surface area contributed by atoms with Crippen molar-refractivity contribution in [3.8, 4) is 0 Å². The van der Waals surface area contributed by atoms with Gasteiger partial charge >= 0.3 is 0 Å². The number of aryl methyl sites for hydroxylation is 2. The number of amides is 1. The number of nitrogens with zero attached hydrogens (tertiary/aromatic N) is 4. The van der Waals surface area contributed by atoms with Gasteiger partial charge in [0.15, 0.2) is 10.9 Å². The van der Waals surface area contributed by atoms with Crippen LogP contribution in [0.5, 0.6) is 0 Å². The van der Waals surface area contributed by atoms with Gasteiger partial charge in [0, 0.05) is 29.1 Å². The first-order valence-electron chi connectivity index (χ1n) is 9.14. The number of rotatable bonds is 8. The first-order chi connectivity index (χ1) is 13.9. The summed E-state index contributed by atoms with van der Waals surface area (Å²) < 4.78 is 3.56. The van der Waals surface area contributed by atoms with Gasteiger partial charge in [0.2, 0.25) is 0 Å². The van der Waals surface area contributed by atoms with Crippen LogP contribution in [0.1, 0.15) is 37.9 Å². The van der Waals surface area contributed by atoms with E-state index in [0.29, 0.717) is 28.5 Å². The number of carbonyl (C=O) groups is 2. The molecule has 0 saturated heterocycles. The van der Waals surface area contributed by atoms with Crippen molar-refractivity contribution in [3.05, 3.63) is 77.4 Å². The van der Waals surface area contributed by atoms with Crippen LogP contribution in [0.3, 0.4) is 0 Å². The lowest BCUT2D eigenvalue weighted by Gasteiger charge is -2.11. The molecule has 0 fully saturated rings. The monoisotopic (exact) mass is 409 g/mol.